The monoisotopic (exact) mass is 566 g/mol. The standard InChI is InChI=1S/C33H43FN2O5/c1-22-4-13-29-23(2)30(38-31-33(29)28(22)14-15-32(3,39-31)40-41-33)37-21-25-7-5-24(6-8-25)20-35-16-18-36(19-17-35)27-11-9-26(34)10-12-27/h5-12,22-23,28-31H,4,13-21H2,1-3H3/t22-,23-,28+,29+,30+,31-,32+,33-/m1/s1. The Bertz CT molecular complexity index is 1210. The van der Waals surface area contributed by atoms with Gasteiger partial charge < -0.3 is 19.1 Å². The van der Waals surface area contributed by atoms with Gasteiger partial charge in [-0.25, -0.2) is 14.2 Å². The number of hydrogen-bond donors (Lipinski definition) is 0. The molecule has 1 aliphatic carbocycles. The highest BCUT2D eigenvalue weighted by atomic mass is 19.1. The van der Waals surface area contributed by atoms with E-state index in [4.69, 9.17) is 24.0 Å². The Hall–Kier alpha value is -2.07. The first kappa shape index (κ1) is 27.7. The maximum atomic E-state index is 13.3. The molecule has 222 valence electrons. The second kappa shape index (κ2) is 10.9. The lowest BCUT2D eigenvalue weighted by Crippen LogP contribution is -2.70. The average molecular weight is 567 g/mol. The molecule has 41 heavy (non-hydrogen) atoms. The summed E-state index contributed by atoms with van der Waals surface area (Å²) in [5, 5.41) is 0. The van der Waals surface area contributed by atoms with Gasteiger partial charge in [-0.1, -0.05) is 38.1 Å². The first-order valence-electron chi connectivity index (χ1n) is 15.5. The fraction of sp³-hybridized carbons (Fsp3) is 0.636. The number of fused-ring (bicyclic) bond motifs is 2. The zero-order valence-electron chi connectivity index (χ0n) is 24.5. The molecular weight excluding hydrogens is 523 g/mol. The second-order valence-electron chi connectivity index (χ2n) is 13.1. The van der Waals surface area contributed by atoms with Gasteiger partial charge in [-0.05, 0) is 73.4 Å². The number of rotatable bonds is 6. The summed E-state index contributed by atoms with van der Waals surface area (Å²) in [6.07, 6.45) is 3.26. The molecule has 0 amide bonds. The van der Waals surface area contributed by atoms with Crippen LogP contribution < -0.4 is 4.90 Å². The predicted octanol–water partition coefficient (Wildman–Crippen LogP) is 5.87. The van der Waals surface area contributed by atoms with Gasteiger partial charge in [0.1, 0.15) is 5.82 Å². The smallest absolute Gasteiger partial charge is 0.201 e. The molecule has 0 radical (unpaired) electrons. The van der Waals surface area contributed by atoms with Crippen LogP contribution in [0.15, 0.2) is 48.5 Å². The largest absolute Gasteiger partial charge is 0.369 e. The molecule has 2 bridgehead atoms. The van der Waals surface area contributed by atoms with Crippen LogP contribution in [0.2, 0.25) is 0 Å². The fourth-order valence-electron chi connectivity index (χ4n) is 8.06. The Morgan fingerprint density at radius 3 is 2.37 bits per heavy atom. The van der Waals surface area contributed by atoms with Gasteiger partial charge in [0.2, 0.25) is 5.79 Å². The molecule has 6 aliphatic rings. The molecule has 2 aromatic carbocycles. The minimum Gasteiger partial charge on any atom is -0.369 e. The van der Waals surface area contributed by atoms with Crippen LogP contribution in [0.3, 0.4) is 0 Å². The van der Waals surface area contributed by atoms with Gasteiger partial charge in [-0.15, -0.1) is 0 Å². The number of anilines is 1. The predicted molar refractivity (Wildman–Crippen MR) is 152 cm³/mol. The van der Waals surface area contributed by atoms with E-state index in [1.807, 2.05) is 19.1 Å². The zero-order valence-corrected chi connectivity index (χ0v) is 24.5. The third-order valence-corrected chi connectivity index (χ3v) is 10.5. The molecule has 5 heterocycles. The molecule has 8 rings (SSSR count). The van der Waals surface area contributed by atoms with Crippen molar-refractivity contribution in [3.8, 4) is 0 Å². The van der Waals surface area contributed by atoms with E-state index in [0.717, 1.165) is 63.2 Å². The van der Waals surface area contributed by atoms with E-state index in [1.54, 1.807) is 0 Å². The van der Waals surface area contributed by atoms with Crippen LogP contribution in [0, 0.1) is 29.5 Å². The Morgan fingerprint density at radius 1 is 0.878 bits per heavy atom. The van der Waals surface area contributed by atoms with Gasteiger partial charge in [-0.2, -0.15) is 0 Å². The molecule has 8 heteroatoms. The topological polar surface area (TPSA) is 52.6 Å². The van der Waals surface area contributed by atoms with Gasteiger partial charge in [0.05, 0.1) is 6.61 Å². The molecule has 0 N–H and O–H groups in total. The lowest BCUT2D eigenvalue weighted by Gasteiger charge is -2.60. The normalized spacial score (nSPS) is 38.9. The van der Waals surface area contributed by atoms with Crippen LogP contribution in [-0.4, -0.2) is 55.0 Å². The van der Waals surface area contributed by atoms with Gasteiger partial charge in [0.25, 0.3) is 0 Å². The van der Waals surface area contributed by atoms with E-state index in [2.05, 4.69) is 47.9 Å². The summed E-state index contributed by atoms with van der Waals surface area (Å²) in [5.41, 5.74) is 2.96. The van der Waals surface area contributed by atoms with E-state index in [-0.39, 0.29) is 23.9 Å². The van der Waals surface area contributed by atoms with Crippen LogP contribution in [0.25, 0.3) is 0 Å². The van der Waals surface area contributed by atoms with E-state index < -0.39 is 17.7 Å². The fourth-order valence-corrected chi connectivity index (χ4v) is 8.06. The Kier molecular flexibility index (Phi) is 7.37. The van der Waals surface area contributed by atoms with Crippen LogP contribution in [-0.2, 0) is 37.1 Å². The molecule has 6 fully saturated rings. The van der Waals surface area contributed by atoms with Gasteiger partial charge >= 0.3 is 0 Å². The van der Waals surface area contributed by atoms with Crippen molar-refractivity contribution in [2.75, 3.05) is 31.1 Å². The van der Waals surface area contributed by atoms with Gasteiger partial charge in [0, 0.05) is 56.7 Å². The molecule has 8 atom stereocenters. The van der Waals surface area contributed by atoms with Crippen molar-refractivity contribution in [1.82, 2.24) is 4.90 Å². The average Bonchev–Trinajstić information content (AvgIpc) is 3.21. The summed E-state index contributed by atoms with van der Waals surface area (Å²) >= 11 is 0. The van der Waals surface area contributed by atoms with E-state index in [0.29, 0.717) is 18.4 Å². The van der Waals surface area contributed by atoms with Crippen molar-refractivity contribution in [2.45, 2.75) is 83.6 Å². The van der Waals surface area contributed by atoms with Crippen LogP contribution >= 0.6 is 0 Å². The molecule has 7 nitrogen and oxygen atoms in total. The minimum absolute atomic E-state index is 0.170. The first-order valence-corrected chi connectivity index (χ1v) is 15.5. The van der Waals surface area contributed by atoms with Crippen molar-refractivity contribution in [3.05, 3.63) is 65.5 Å². The van der Waals surface area contributed by atoms with Crippen molar-refractivity contribution in [2.24, 2.45) is 23.7 Å². The molecule has 2 aromatic rings. The molecule has 5 saturated heterocycles. The van der Waals surface area contributed by atoms with E-state index in [1.165, 1.54) is 24.1 Å². The van der Waals surface area contributed by atoms with Crippen molar-refractivity contribution in [3.63, 3.8) is 0 Å². The molecule has 5 aliphatic heterocycles. The maximum absolute atomic E-state index is 13.3. The molecule has 1 spiro atoms. The van der Waals surface area contributed by atoms with Crippen LogP contribution in [0.4, 0.5) is 10.1 Å². The number of halogens is 1. The third-order valence-electron chi connectivity index (χ3n) is 10.5. The Morgan fingerprint density at radius 2 is 1.61 bits per heavy atom. The third kappa shape index (κ3) is 5.11. The van der Waals surface area contributed by atoms with Gasteiger partial charge in [-0.3, -0.25) is 4.90 Å². The highest BCUT2D eigenvalue weighted by molar-refractivity contribution is 5.46. The van der Waals surface area contributed by atoms with E-state index >= 15 is 0 Å². The molecule has 0 unspecified atom stereocenters. The summed E-state index contributed by atoms with van der Waals surface area (Å²) < 4.78 is 32.7. The highest BCUT2D eigenvalue weighted by Gasteiger charge is 2.69. The SMILES string of the molecule is C[C@H]1[C@@H](OCc2ccc(CN3CCN(c4ccc(F)cc4)CC3)cc2)O[C@@H]2O[C@]3(C)CC[C@H]4[C@H](C)CC[C@@H]1[C@@]24OO3. The molecule has 0 aromatic heterocycles. The minimum atomic E-state index is -0.772. The zero-order chi connectivity index (χ0) is 28.2. The maximum Gasteiger partial charge on any atom is 0.201 e. The van der Waals surface area contributed by atoms with Crippen molar-refractivity contribution in [1.29, 1.82) is 0 Å². The summed E-state index contributed by atoms with van der Waals surface area (Å²) in [5.74, 6) is 0.382. The lowest BCUT2D eigenvalue weighted by molar-refractivity contribution is -0.577. The van der Waals surface area contributed by atoms with Gasteiger partial charge in [0.15, 0.2) is 18.2 Å². The number of ether oxygens (including phenoxy) is 3. The molecular formula is C33H43FN2O5. The first-order chi connectivity index (χ1) is 19.8. The number of hydrogen-bond acceptors (Lipinski definition) is 7. The number of nitrogens with zero attached hydrogens (tertiary/aromatic N) is 2. The second-order valence-corrected chi connectivity index (χ2v) is 13.1. The van der Waals surface area contributed by atoms with Crippen LogP contribution in [0.1, 0.15) is 57.6 Å². The summed E-state index contributed by atoms with van der Waals surface area (Å²) in [4.78, 5) is 17.0. The van der Waals surface area contributed by atoms with E-state index in [9.17, 15) is 4.39 Å². The Labute approximate surface area is 242 Å². The van der Waals surface area contributed by atoms with Crippen molar-refractivity contribution >= 4 is 5.69 Å². The molecule has 1 saturated carbocycles. The number of benzene rings is 2. The lowest BCUT2D eigenvalue weighted by atomic mass is 9.58. The van der Waals surface area contributed by atoms with Crippen LogP contribution in [0.5, 0.6) is 0 Å². The quantitative estimate of drug-likeness (QED) is 0.405. The van der Waals surface area contributed by atoms with Crippen molar-refractivity contribution < 1.29 is 28.4 Å². The summed E-state index contributed by atoms with van der Waals surface area (Å²) in [6, 6.07) is 15.5. The summed E-state index contributed by atoms with van der Waals surface area (Å²) in [6.45, 7) is 11.8. The number of piperazine rings is 1. The Balaban J connectivity index is 0.948. The summed E-state index contributed by atoms with van der Waals surface area (Å²) in [7, 11) is 0. The highest BCUT2D eigenvalue weighted by Crippen LogP contribution is 2.60.